The molecule has 1 aliphatic carbocycles. The SMILES string of the molecule is CC(C)N1CCC(NC2CCC(c3cccc(-c4cc5cc(F)ccc5[nH]4)c3)CC2)CC1. The van der Waals surface area contributed by atoms with Crippen molar-refractivity contribution in [3.63, 3.8) is 0 Å². The molecule has 0 spiro atoms. The standard InChI is InChI=1S/C28H36FN3/c1-19(2)32-14-12-26(13-15-32)30-25-9-6-20(7-10-25)21-4-3-5-22(16-21)28-18-23-17-24(29)8-11-27(23)31-28/h3-5,8,11,16-20,25-26,30-31H,6-7,9-10,12-15H2,1-2H3. The molecular weight excluding hydrogens is 397 g/mol. The van der Waals surface area contributed by atoms with E-state index in [0.29, 0.717) is 24.0 Å². The Morgan fingerprint density at radius 1 is 0.906 bits per heavy atom. The maximum absolute atomic E-state index is 13.6. The molecule has 3 nitrogen and oxygen atoms in total. The van der Waals surface area contributed by atoms with E-state index >= 15 is 0 Å². The summed E-state index contributed by atoms with van der Waals surface area (Å²) in [5.74, 6) is 0.449. The molecule has 170 valence electrons. The lowest BCUT2D eigenvalue weighted by Gasteiger charge is -2.38. The van der Waals surface area contributed by atoms with Crippen molar-refractivity contribution in [2.75, 3.05) is 13.1 Å². The van der Waals surface area contributed by atoms with E-state index in [1.165, 1.54) is 68.8 Å². The van der Waals surface area contributed by atoms with Gasteiger partial charge in [0.15, 0.2) is 0 Å². The summed E-state index contributed by atoms with van der Waals surface area (Å²) in [5, 5.41) is 4.91. The maximum atomic E-state index is 13.6. The first-order valence-electron chi connectivity index (χ1n) is 12.4. The van der Waals surface area contributed by atoms with Crippen LogP contribution in [-0.2, 0) is 0 Å². The number of nitrogens with one attached hydrogen (secondary N) is 2. The molecule has 2 fully saturated rings. The van der Waals surface area contributed by atoms with Gasteiger partial charge in [0, 0.05) is 34.7 Å². The molecule has 5 rings (SSSR count). The van der Waals surface area contributed by atoms with Gasteiger partial charge in [-0.1, -0.05) is 18.2 Å². The van der Waals surface area contributed by atoms with Crippen LogP contribution in [0.4, 0.5) is 4.39 Å². The van der Waals surface area contributed by atoms with Crippen LogP contribution in [0.2, 0.25) is 0 Å². The molecule has 0 amide bonds. The number of hydrogen-bond acceptors (Lipinski definition) is 2. The summed E-state index contributed by atoms with van der Waals surface area (Å²) in [6.45, 7) is 7.08. The van der Waals surface area contributed by atoms with Gasteiger partial charge in [0.2, 0.25) is 0 Å². The summed E-state index contributed by atoms with van der Waals surface area (Å²) in [7, 11) is 0. The number of rotatable bonds is 5. The van der Waals surface area contributed by atoms with Gasteiger partial charge >= 0.3 is 0 Å². The minimum Gasteiger partial charge on any atom is -0.355 e. The molecule has 2 aliphatic rings. The zero-order valence-electron chi connectivity index (χ0n) is 19.4. The largest absolute Gasteiger partial charge is 0.355 e. The van der Waals surface area contributed by atoms with Crippen molar-refractivity contribution >= 4 is 10.9 Å². The third-order valence-electron chi connectivity index (χ3n) is 7.71. The summed E-state index contributed by atoms with van der Waals surface area (Å²) in [6, 6.07) is 18.0. The molecule has 2 heterocycles. The van der Waals surface area contributed by atoms with Crippen LogP contribution in [0.25, 0.3) is 22.2 Å². The van der Waals surface area contributed by atoms with Crippen LogP contribution in [0.5, 0.6) is 0 Å². The molecule has 32 heavy (non-hydrogen) atoms. The number of aromatic nitrogens is 1. The van der Waals surface area contributed by atoms with Crippen molar-refractivity contribution in [1.82, 2.24) is 15.2 Å². The van der Waals surface area contributed by atoms with E-state index in [-0.39, 0.29) is 5.82 Å². The molecule has 4 heteroatoms. The van der Waals surface area contributed by atoms with Crippen LogP contribution in [0, 0.1) is 5.82 Å². The summed E-state index contributed by atoms with van der Waals surface area (Å²) in [5.41, 5.74) is 4.68. The molecule has 2 N–H and O–H groups in total. The summed E-state index contributed by atoms with van der Waals surface area (Å²) < 4.78 is 13.6. The lowest BCUT2D eigenvalue weighted by Crippen LogP contribution is -2.48. The van der Waals surface area contributed by atoms with Crippen molar-refractivity contribution in [3.8, 4) is 11.3 Å². The first-order valence-corrected chi connectivity index (χ1v) is 12.4. The van der Waals surface area contributed by atoms with E-state index in [2.05, 4.69) is 59.4 Å². The normalized spacial score (nSPS) is 23.2. The Hall–Kier alpha value is -2.17. The first kappa shape index (κ1) is 21.7. The lowest BCUT2D eigenvalue weighted by molar-refractivity contribution is 0.151. The second kappa shape index (κ2) is 9.36. The Balaban J connectivity index is 1.19. The third kappa shape index (κ3) is 4.77. The predicted molar refractivity (Wildman–Crippen MR) is 132 cm³/mol. The molecule has 1 saturated heterocycles. The fourth-order valence-corrected chi connectivity index (χ4v) is 5.73. The number of aromatic amines is 1. The Morgan fingerprint density at radius 3 is 2.41 bits per heavy atom. The number of fused-ring (bicyclic) bond motifs is 1. The van der Waals surface area contributed by atoms with Gasteiger partial charge in [-0.25, -0.2) is 4.39 Å². The van der Waals surface area contributed by atoms with Gasteiger partial charge in [-0.05, 0) is 113 Å². The zero-order valence-corrected chi connectivity index (χ0v) is 19.4. The molecule has 0 bridgehead atoms. The molecular formula is C28H36FN3. The van der Waals surface area contributed by atoms with Gasteiger partial charge in [0.25, 0.3) is 0 Å². The fraction of sp³-hybridized carbons (Fsp3) is 0.500. The van der Waals surface area contributed by atoms with E-state index in [1.807, 2.05) is 6.07 Å². The van der Waals surface area contributed by atoms with E-state index in [1.54, 1.807) is 6.07 Å². The van der Waals surface area contributed by atoms with Crippen molar-refractivity contribution in [3.05, 3.63) is 59.9 Å². The van der Waals surface area contributed by atoms with E-state index in [0.717, 1.165) is 16.6 Å². The smallest absolute Gasteiger partial charge is 0.123 e. The second-order valence-corrected chi connectivity index (χ2v) is 10.2. The number of nitrogens with zero attached hydrogens (tertiary/aromatic N) is 1. The van der Waals surface area contributed by atoms with Crippen LogP contribution >= 0.6 is 0 Å². The topological polar surface area (TPSA) is 31.1 Å². The number of H-pyrrole nitrogens is 1. The van der Waals surface area contributed by atoms with Crippen LogP contribution < -0.4 is 5.32 Å². The Labute approximate surface area is 191 Å². The molecule has 0 unspecified atom stereocenters. The fourth-order valence-electron chi connectivity index (χ4n) is 5.73. The van der Waals surface area contributed by atoms with Gasteiger partial charge in [0.1, 0.15) is 5.82 Å². The average molecular weight is 434 g/mol. The molecule has 0 atom stereocenters. The van der Waals surface area contributed by atoms with Gasteiger partial charge in [-0.15, -0.1) is 0 Å². The number of halogens is 1. The minimum absolute atomic E-state index is 0.187. The van der Waals surface area contributed by atoms with Crippen molar-refractivity contribution < 1.29 is 4.39 Å². The number of likely N-dealkylation sites (tertiary alicyclic amines) is 1. The van der Waals surface area contributed by atoms with Crippen molar-refractivity contribution in [2.24, 2.45) is 0 Å². The highest BCUT2D eigenvalue weighted by Gasteiger charge is 2.27. The Morgan fingerprint density at radius 2 is 1.66 bits per heavy atom. The molecule has 1 aromatic heterocycles. The minimum atomic E-state index is -0.187. The van der Waals surface area contributed by atoms with E-state index in [4.69, 9.17) is 0 Å². The zero-order chi connectivity index (χ0) is 22.1. The van der Waals surface area contributed by atoms with Crippen LogP contribution in [-0.4, -0.2) is 41.1 Å². The van der Waals surface area contributed by atoms with Gasteiger partial charge in [0.05, 0.1) is 0 Å². The highest BCUT2D eigenvalue weighted by molar-refractivity contribution is 5.85. The monoisotopic (exact) mass is 433 g/mol. The number of hydrogen-bond donors (Lipinski definition) is 2. The first-order chi connectivity index (χ1) is 15.5. The molecule has 1 aliphatic heterocycles. The van der Waals surface area contributed by atoms with Crippen LogP contribution in [0.3, 0.4) is 0 Å². The number of benzene rings is 2. The quantitative estimate of drug-likeness (QED) is 0.484. The van der Waals surface area contributed by atoms with Crippen molar-refractivity contribution in [1.29, 1.82) is 0 Å². The van der Waals surface area contributed by atoms with Crippen LogP contribution in [0.1, 0.15) is 63.9 Å². The van der Waals surface area contributed by atoms with Gasteiger partial charge in [-0.3, -0.25) is 0 Å². The highest BCUT2D eigenvalue weighted by atomic mass is 19.1. The third-order valence-corrected chi connectivity index (χ3v) is 7.71. The molecule has 1 saturated carbocycles. The molecule has 2 aromatic carbocycles. The van der Waals surface area contributed by atoms with E-state index < -0.39 is 0 Å². The lowest BCUT2D eigenvalue weighted by atomic mass is 9.81. The Bertz CT molecular complexity index is 1040. The second-order valence-electron chi connectivity index (χ2n) is 10.2. The van der Waals surface area contributed by atoms with Crippen molar-refractivity contribution in [2.45, 2.75) is 76.4 Å². The van der Waals surface area contributed by atoms with E-state index in [9.17, 15) is 4.39 Å². The number of piperidine rings is 1. The predicted octanol–water partition coefficient (Wildman–Crippen LogP) is 6.46. The summed E-state index contributed by atoms with van der Waals surface area (Å²) in [4.78, 5) is 6.05. The maximum Gasteiger partial charge on any atom is 0.123 e. The highest BCUT2D eigenvalue weighted by Crippen LogP contribution is 2.35. The van der Waals surface area contributed by atoms with Crippen LogP contribution in [0.15, 0.2) is 48.5 Å². The summed E-state index contributed by atoms with van der Waals surface area (Å²) in [6.07, 6.45) is 7.62. The summed E-state index contributed by atoms with van der Waals surface area (Å²) >= 11 is 0. The van der Waals surface area contributed by atoms with Gasteiger partial charge in [-0.2, -0.15) is 0 Å². The molecule has 0 radical (unpaired) electrons. The van der Waals surface area contributed by atoms with Gasteiger partial charge < -0.3 is 15.2 Å². The average Bonchev–Trinajstić information content (AvgIpc) is 3.23. The Kier molecular flexibility index (Phi) is 6.34. The molecule has 3 aromatic rings.